The Labute approximate surface area is 245 Å². The van der Waals surface area contributed by atoms with E-state index in [9.17, 15) is 14.7 Å². The topological polar surface area (TPSA) is 117 Å². The number of hydrogen-bond acceptors (Lipinski definition) is 10. The minimum atomic E-state index is -1.05. The lowest BCUT2D eigenvalue weighted by molar-refractivity contribution is -0.132. The van der Waals surface area contributed by atoms with Gasteiger partial charge in [0.15, 0.2) is 16.6 Å². The smallest absolute Gasteiger partial charge is 0.301 e. The fourth-order valence-electron chi connectivity index (χ4n) is 5.45. The summed E-state index contributed by atoms with van der Waals surface area (Å²) in [5.74, 6) is 0.402. The van der Waals surface area contributed by atoms with Crippen LogP contribution < -0.4 is 28.6 Å². The second kappa shape index (κ2) is 10.6. The molecule has 0 aliphatic carbocycles. The zero-order chi connectivity index (χ0) is 29.7. The first-order valence-corrected chi connectivity index (χ1v) is 13.9. The Hall–Kier alpha value is -4.77. The summed E-state index contributed by atoms with van der Waals surface area (Å²) in [7, 11) is 6.01. The number of benzene rings is 3. The first-order chi connectivity index (χ1) is 20.3. The van der Waals surface area contributed by atoms with Crippen LogP contribution in [0.15, 0.2) is 54.1 Å². The molecule has 3 heterocycles. The van der Waals surface area contributed by atoms with Crippen molar-refractivity contribution in [2.45, 2.75) is 25.5 Å². The highest BCUT2D eigenvalue weighted by atomic mass is 32.1. The first-order valence-electron chi connectivity index (χ1n) is 13.1. The van der Waals surface area contributed by atoms with Gasteiger partial charge >= 0.3 is 5.91 Å². The molecule has 10 nitrogen and oxygen atoms in total. The van der Waals surface area contributed by atoms with Crippen LogP contribution in [0.4, 0.5) is 5.13 Å². The number of thiazole rings is 1. The molecule has 1 saturated heterocycles. The lowest BCUT2D eigenvalue weighted by Gasteiger charge is -2.24. The molecule has 1 fully saturated rings. The van der Waals surface area contributed by atoms with Crippen LogP contribution in [0.25, 0.3) is 16.0 Å². The average molecular weight is 589 g/mol. The van der Waals surface area contributed by atoms with Crippen LogP contribution in [0.5, 0.6) is 28.7 Å². The van der Waals surface area contributed by atoms with Gasteiger partial charge in [0.2, 0.25) is 5.75 Å². The largest absolute Gasteiger partial charge is 0.507 e. The summed E-state index contributed by atoms with van der Waals surface area (Å²) in [5, 5.41) is 12.0. The van der Waals surface area contributed by atoms with Crippen LogP contribution in [0.2, 0.25) is 0 Å². The Balaban J connectivity index is 1.58. The number of carbonyl (C=O) groups excluding carboxylic acids is 2. The Morgan fingerprint density at radius 2 is 1.71 bits per heavy atom. The van der Waals surface area contributed by atoms with Crippen molar-refractivity contribution in [1.82, 2.24) is 4.98 Å². The van der Waals surface area contributed by atoms with Gasteiger partial charge in [-0.1, -0.05) is 11.3 Å². The molecule has 1 N–H and O–H groups in total. The van der Waals surface area contributed by atoms with Crippen molar-refractivity contribution in [2.75, 3.05) is 33.3 Å². The van der Waals surface area contributed by atoms with E-state index >= 15 is 0 Å². The van der Waals surface area contributed by atoms with E-state index in [0.29, 0.717) is 46.1 Å². The van der Waals surface area contributed by atoms with Gasteiger partial charge in [-0.2, -0.15) is 0 Å². The molecule has 216 valence electrons. The van der Waals surface area contributed by atoms with Gasteiger partial charge in [0.1, 0.15) is 23.4 Å². The number of anilines is 1. The summed E-state index contributed by atoms with van der Waals surface area (Å²) in [6.45, 7) is 1.96. The molecule has 0 spiro atoms. The highest BCUT2D eigenvalue weighted by Gasteiger charge is 2.49. The van der Waals surface area contributed by atoms with Crippen LogP contribution in [0.1, 0.15) is 29.7 Å². The van der Waals surface area contributed by atoms with E-state index in [1.807, 2.05) is 13.0 Å². The van der Waals surface area contributed by atoms with Crippen molar-refractivity contribution in [3.63, 3.8) is 0 Å². The number of hydrogen-bond donors (Lipinski definition) is 1. The lowest BCUT2D eigenvalue weighted by atomic mass is 9.94. The lowest BCUT2D eigenvalue weighted by Crippen LogP contribution is -2.29. The zero-order valence-corrected chi connectivity index (χ0v) is 24.4. The van der Waals surface area contributed by atoms with Crippen molar-refractivity contribution in [3.05, 3.63) is 70.8 Å². The Kier molecular flexibility index (Phi) is 6.90. The van der Waals surface area contributed by atoms with Gasteiger partial charge < -0.3 is 28.8 Å². The molecular weight excluding hydrogens is 560 g/mol. The van der Waals surface area contributed by atoms with E-state index < -0.39 is 17.7 Å². The van der Waals surface area contributed by atoms with Crippen LogP contribution in [-0.4, -0.2) is 56.3 Å². The normalized spacial score (nSPS) is 19.1. The van der Waals surface area contributed by atoms with Gasteiger partial charge in [-0.25, -0.2) is 4.98 Å². The van der Waals surface area contributed by atoms with Gasteiger partial charge in [-0.05, 0) is 66.6 Å². The van der Waals surface area contributed by atoms with Gasteiger partial charge in [-0.15, -0.1) is 0 Å². The molecule has 0 saturated carbocycles. The third-order valence-corrected chi connectivity index (χ3v) is 8.42. The third kappa shape index (κ3) is 4.37. The molecule has 0 bridgehead atoms. The number of ketones is 1. The fraction of sp³-hybridized carbons (Fsp3) is 0.258. The molecule has 6 rings (SSSR count). The number of ether oxygens (including phenoxy) is 5. The Morgan fingerprint density at radius 3 is 2.38 bits per heavy atom. The molecule has 4 aromatic rings. The van der Waals surface area contributed by atoms with Gasteiger partial charge in [0.25, 0.3) is 5.78 Å². The van der Waals surface area contributed by atoms with E-state index in [1.54, 1.807) is 49.6 Å². The molecule has 42 heavy (non-hydrogen) atoms. The maximum absolute atomic E-state index is 13.8. The van der Waals surface area contributed by atoms with Crippen molar-refractivity contribution in [2.24, 2.45) is 0 Å². The van der Waals surface area contributed by atoms with Gasteiger partial charge in [0, 0.05) is 12.0 Å². The molecule has 2 aliphatic heterocycles. The third-order valence-electron chi connectivity index (χ3n) is 7.41. The molecule has 2 atom stereocenters. The monoisotopic (exact) mass is 588 g/mol. The fourth-order valence-corrected chi connectivity index (χ4v) is 6.47. The molecule has 0 radical (unpaired) electrons. The van der Waals surface area contributed by atoms with Crippen molar-refractivity contribution in [3.8, 4) is 28.7 Å². The first kappa shape index (κ1) is 27.4. The number of aliphatic hydroxyl groups is 1. The predicted molar refractivity (Wildman–Crippen MR) is 157 cm³/mol. The number of rotatable bonds is 7. The molecular formula is C31H28N2O8S. The minimum absolute atomic E-state index is 0.000125. The second-order valence-electron chi connectivity index (χ2n) is 9.91. The number of amides is 1. The maximum atomic E-state index is 13.8. The van der Waals surface area contributed by atoms with E-state index in [-0.39, 0.29) is 22.6 Å². The van der Waals surface area contributed by atoms with Crippen molar-refractivity contribution in [1.29, 1.82) is 0 Å². The van der Waals surface area contributed by atoms with Crippen molar-refractivity contribution < 1.29 is 38.4 Å². The maximum Gasteiger partial charge on any atom is 0.301 e. The Morgan fingerprint density at radius 1 is 0.976 bits per heavy atom. The zero-order valence-electron chi connectivity index (χ0n) is 23.6. The summed E-state index contributed by atoms with van der Waals surface area (Å²) in [6.07, 6.45) is 0.663. The van der Waals surface area contributed by atoms with Crippen LogP contribution in [0.3, 0.4) is 0 Å². The predicted octanol–water partition coefficient (Wildman–Crippen LogP) is 5.28. The van der Waals surface area contributed by atoms with Gasteiger partial charge in [0.05, 0.1) is 50.3 Å². The average Bonchev–Trinajstić information content (AvgIpc) is 3.67. The number of nitrogens with zero attached hydrogens (tertiary/aromatic N) is 2. The molecule has 11 heteroatoms. The van der Waals surface area contributed by atoms with Crippen molar-refractivity contribution >= 4 is 44.1 Å². The molecule has 3 aromatic carbocycles. The number of Topliss-reactive ketones (excluding diaryl/α,β-unsaturated/α-hetero) is 1. The Bertz CT molecular complexity index is 1750. The number of fused-ring (bicyclic) bond motifs is 2. The van der Waals surface area contributed by atoms with Gasteiger partial charge in [-0.3, -0.25) is 14.5 Å². The van der Waals surface area contributed by atoms with Crippen LogP contribution in [0, 0.1) is 0 Å². The number of aliphatic hydroxyl groups excluding tert-OH is 1. The SMILES string of the molecule is COc1ccc2nc(N3C(=O)C(=O)C(=C(O)c4ccc5c(c4)C[C@@H](C)O5)[C@@H]3c3cc(OC)c(OC)c(OC)c3)sc2c1. The summed E-state index contributed by atoms with van der Waals surface area (Å²) in [6, 6.07) is 12.9. The molecule has 2 aliphatic rings. The number of methoxy groups -OCH3 is 4. The summed E-state index contributed by atoms with van der Waals surface area (Å²) in [4.78, 5) is 33.5. The summed E-state index contributed by atoms with van der Waals surface area (Å²) >= 11 is 1.24. The highest BCUT2D eigenvalue weighted by Crippen LogP contribution is 2.48. The van der Waals surface area contributed by atoms with Crippen LogP contribution >= 0.6 is 11.3 Å². The number of aromatic nitrogens is 1. The van der Waals surface area contributed by atoms with E-state index in [1.165, 1.54) is 37.6 Å². The standard InChI is InChI=1S/C31H28N2O8S/c1-15-10-17-11-16(6-9-21(17)41-15)27(34)25-26(18-12-22(38-3)29(40-5)23(13-18)39-4)33(30(36)28(25)35)31-32-20-8-7-19(37-2)14-24(20)42-31/h6-9,11-15,26,34H,10H2,1-5H3/t15-,26+/m1/s1. The summed E-state index contributed by atoms with van der Waals surface area (Å²) in [5.41, 5.74) is 2.31. The van der Waals surface area contributed by atoms with E-state index in [4.69, 9.17) is 23.7 Å². The molecule has 1 aromatic heterocycles. The summed E-state index contributed by atoms with van der Waals surface area (Å²) < 4.78 is 28.6. The highest BCUT2D eigenvalue weighted by molar-refractivity contribution is 7.22. The second-order valence-corrected chi connectivity index (χ2v) is 10.9. The van der Waals surface area contributed by atoms with E-state index in [0.717, 1.165) is 16.0 Å². The van der Waals surface area contributed by atoms with E-state index in [2.05, 4.69) is 4.98 Å². The minimum Gasteiger partial charge on any atom is -0.507 e. The molecule has 0 unspecified atom stereocenters. The quantitative estimate of drug-likeness (QED) is 0.175. The van der Waals surface area contributed by atoms with Crippen LogP contribution in [-0.2, 0) is 16.0 Å². The molecule has 1 amide bonds. The number of carbonyl (C=O) groups is 2.